The van der Waals surface area contributed by atoms with Crippen LogP contribution in [0, 0.1) is 0 Å². The van der Waals surface area contributed by atoms with Crippen LogP contribution in [0.1, 0.15) is 52.7 Å². The summed E-state index contributed by atoms with van der Waals surface area (Å²) in [7, 11) is 0. The highest BCUT2D eigenvalue weighted by atomic mass is 16.5. The van der Waals surface area contributed by atoms with Crippen LogP contribution < -0.4 is 4.74 Å². The van der Waals surface area contributed by atoms with Gasteiger partial charge in [0.1, 0.15) is 6.10 Å². The van der Waals surface area contributed by atoms with Crippen molar-refractivity contribution in [3.05, 3.63) is 18.1 Å². The smallest absolute Gasteiger partial charge is 0.232 e. The second-order valence-electron chi connectivity index (χ2n) is 7.22. The predicted molar refractivity (Wildman–Crippen MR) is 87.3 cm³/mol. The van der Waals surface area contributed by atoms with Crippen LogP contribution in [0.3, 0.4) is 0 Å². The zero-order valence-electron chi connectivity index (χ0n) is 14.5. The Kier molecular flexibility index (Phi) is 5.75. The highest BCUT2D eigenvalue weighted by molar-refractivity contribution is 5.10. The second kappa shape index (κ2) is 7.38. The van der Waals surface area contributed by atoms with Gasteiger partial charge >= 0.3 is 0 Å². The molecule has 1 fully saturated rings. The van der Waals surface area contributed by atoms with E-state index in [0.29, 0.717) is 11.8 Å². The van der Waals surface area contributed by atoms with Crippen molar-refractivity contribution >= 4 is 0 Å². The first-order valence-electron chi connectivity index (χ1n) is 8.18. The third kappa shape index (κ3) is 5.54. The number of aromatic nitrogens is 2. The van der Waals surface area contributed by atoms with Crippen LogP contribution in [0.5, 0.6) is 5.88 Å². The van der Waals surface area contributed by atoms with E-state index in [-0.39, 0.29) is 11.7 Å². The molecule has 2 heterocycles. The van der Waals surface area contributed by atoms with Gasteiger partial charge in [-0.2, -0.15) is 0 Å². The molecule has 124 valence electrons. The molecule has 1 aromatic heterocycles. The monoisotopic (exact) mass is 307 g/mol. The van der Waals surface area contributed by atoms with E-state index in [0.717, 1.165) is 38.4 Å². The minimum absolute atomic E-state index is 0.0661. The van der Waals surface area contributed by atoms with Gasteiger partial charge in [-0.05, 0) is 33.1 Å². The van der Waals surface area contributed by atoms with E-state index in [1.54, 1.807) is 6.20 Å². The van der Waals surface area contributed by atoms with Gasteiger partial charge in [0.2, 0.25) is 5.88 Å². The summed E-state index contributed by atoms with van der Waals surface area (Å²) in [6.07, 6.45) is 4.78. The van der Waals surface area contributed by atoms with E-state index < -0.39 is 0 Å². The summed E-state index contributed by atoms with van der Waals surface area (Å²) in [5.41, 5.74) is 0.934. The van der Waals surface area contributed by atoms with Crippen LogP contribution >= 0.6 is 0 Å². The molecule has 2 rings (SSSR count). The Morgan fingerprint density at radius 3 is 2.64 bits per heavy atom. The molecule has 0 bridgehead atoms. The molecule has 1 aliphatic rings. The Bertz CT molecular complexity index is 454. The lowest BCUT2D eigenvalue weighted by Crippen LogP contribution is -2.31. The number of hydrogen-bond donors (Lipinski definition) is 0. The summed E-state index contributed by atoms with van der Waals surface area (Å²) in [5.74, 6) is 1.02. The first-order chi connectivity index (χ1) is 10.3. The van der Waals surface area contributed by atoms with Gasteiger partial charge in [0.05, 0.1) is 30.3 Å². The standard InChI is InChI=1S/C17H29N3O2/c1-13(2)15-10-19-16(11-18-15)22-14-6-7-20(12-14)8-9-21-17(3,4)5/h10-11,13-14H,6-9,12H2,1-5H3/t14-/m0/s1. The molecule has 0 saturated carbocycles. The minimum atomic E-state index is -0.0661. The summed E-state index contributed by atoms with van der Waals surface area (Å²) < 4.78 is 11.7. The van der Waals surface area contributed by atoms with Gasteiger partial charge in [0.25, 0.3) is 0 Å². The lowest BCUT2D eigenvalue weighted by atomic mass is 10.1. The van der Waals surface area contributed by atoms with Crippen LogP contribution in [0.25, 0.3) is 0 Å². The molecular weight excluding hydrogens is 278 g/mol. The predicted octanol–water partition coefficient (Wildman–Crippen LogP) is 2.87. The topological polar surface area (TPSA) is 47.5 Å². The van der Waals surface area contributed by atoms with Crippen LogP contribution in [0.15, 0.2) is 12.4 Å². The third-order valence-electron chi connectivity index (χ3n) is 3.70. The molecule has 0 aliphatic carbocycles. The Labute approximate surface area is 134 Å². The number of nitrogens with zero attached hydrogens (tertiary/aromatic N) is 3. The maximum absolute atomic E-state index is 5.93. The van der Waals surface area contributed by atoms with Crippen molar-refractivity contribution in [2.75, 3.05) is 26.2 Å². The quantitative estimate of drug-likeness (QED) is 0.809. The summed E-state index contributed by atoms with van der Waals surface area (Å²) in [6.45, 7) is 14.2. The Morgan fingerprint density at radius 1 is 1.27 bits per heavy atom. The van der Waals surface area contributed by atoms with E-state index in [2.05, 4.69) is 49.5 Å². The van der Waals surface area contributed by atoms with E-state index in [1.807, 2.05) is 6.20 Å². The first kappa shape index (κ1) is 17.2. The van der Waals surface area contributed by atoms with Crippen molar-refractivity contribution in [2.24, 2.45) is 0 Å². The van der Waals surface area contributed by atoms with E-state index in [4.69, 9.17) is 9.47 Å². The molecule has 0 N–H and O–H groups in total. The van der Waals surface area contributed by atoms with Crippen molar-refractivity contribution < 1.29 is 9.47 Å². The lowest BCUT2D eigenvalue weighted by Gasteiger charge is -2.22. The molecule has 1 saturated heterocycles. The highest BCUT2D eigenvalue weighted by Crippen LogP contribution is 2.18. The van der Waals surface area contributed by atoms with E-state index >= 15 is 0 Å². The molecule has 5 heteroatoms. The fourth-order valence-electron chi connectivity index (χ4n) is 2.43. The fraction of sp³-hybridized carbons (Fsp3) is 0.765. The van der Waals surface area contributed by atoms with Crippen LogP contribution in [0.4, 0.5) is 0 Å². The molecule has 1 aliphatic heterocycles. The van der Waals surface area contributed by atoms with E-state index in [1.165, 1.54) is 0 Å². The zero-order chi connectivity index (χ0) is 16.2. The largest absolute Gasteiger partial charge is 0.472 e. The van der Waals surface area contributed by atoms with Crippen LogP contribution in [-0.4, -0.2) is 52.8 Å². The Morgan fingerprint density at radius 2 is 2.05 bits per heavy atom. The Hall–Kier alpha value is -1.20. The summed E-state index contributed by atoms with van der Waals surface area (Å²) >= 11 is 0. The summed E-state index contributed by atoms with van der Waals surface area (Å²) in [6, 6.07) is 0. The van der Waals surface area contributed by atoms with E-state index in [9.17, 15) is 0 Å². The average molecular weight is 307 g/mol. The van der Waals surface area contributed by atoms with Crippen molar-refractivity contribution in [1.29, 1.82) is 0 Å². The molecule has 1 atom stereocenters. The van der Waals surface area contributed by atoms with Gasteiger partial charge in [-0.15, -0.1) is 0 Å². The molecule has 0 radical (unpaired) electrons. The number of ether oxygens (including phenoxy) is 2. The fourth-order valence-corrected chi connectivity index (χ4v) is 2.43. The number of rotatable bonds is 6. The second-order valence-corrected chi connectivity index (χ2v) is 7.22. The average Bonchev–Trinajstić information content (AvgIpc) is 2.85. The van der Waals surface area contributed by atoms with Gasteiger partial charge in [0, 0.05) is 19.6 Å². The minimum Gasteiger partial charge on any atom is -0.472 e. The lowest BCUT2D eigenvalue weighted by molar-refractivity contribution is -0.0116. The van der Waals surface area contributed by atoms with Crippen LogP contribution in [-0.2, 0) is 4.74 Å². The van der Waals surface area contributed by atoms with Crippen molar-refractivity contribution in [3.8, 4) is 5.88 Å². The highest BCUT2D eigenvalue weighted by Gasteiger charge is 2.24. The molecule has 0 spiro atoms. The summed E-state index contributed by atoms with van der Waals surface area (Å²) in [4.78, 5) is 11.1. The number of likely N-dealkylation sites (tertiary alicyclic amines) is 1. The summed E-state index contributed by atoms with van der Waals surface area (Å²) in [5, 5.41) is 0. The third-order valence-corrected chi connectivity index (χ3v) is 3.70. The van der Waals surface area contributed by atoms with Crippen molar-refractivity contribution in [2.45, 2.75) is 58.7 Å². The molecule has 0 unspecified atom stereocenters. The van der Waals surface area contributed by atoms with Gasteiger partial charge < -0.3 is 9.47 Å². The zero-order valence-corrected chi connectivity index (χ0v) is 14.5. The SMILES string of the molecule is CC(C)c1cnc(O[C@H]2CCN(CCOC(C)(C)C)C2)cn1. The Balaban J connectivity index is 1.74. The maximum atomic E-state index is 5.93. The molecule has 0 amide bonds. The van der Waals surface area contributed by atoms with Gasteiger partial charge in [-0.3, -0.25) is 9.88 Å². The molecular formula is C17H29N3O2. The molecule has 1 aromatic rings. The van der Waals surface area contributed by atoms with Gasteiger partial charge in [-0.1, -0.05) is 13.8 Å². The normalized spacial score (nSPS) is 19.8. The van der Waals surface area contributed by atoms with Crippen molar-refractivity contribution in [3.63, 3.8) is 0 Å². The van der Waals surface area contributed by atoms with Crippen LogP contribution in [0.2, 0.25) is 0 Å². The van der Waals surface area contributed by atoms with Gasteiger partial charge in [-0.25, -0.2) is 4.98 Å². The molecule has 22 heavy (non-hydrogen) atoms. The number of hydrogen-bond acceptors (Lipinski definition) is 5. The van der Waals surface area contributed by atoms with Crippen molar-refractivity contribution in [1.82, 2.24) is 14.9 Å². The first-order valence-corrected chi connectivity index (χ1v) is 8.18. The maximum Gasteiger partial charge on any atom is 0.232 e. The van der Waals surface area contributed by atoms with Gasteiger partial charge in [0.15, 0.2) is 0 Å². The molecule has 0 aromatic carbocycles. The molecule has 5 nitrogen and oxygen atoms in total.